The minimum atomic E-state index is 0. The lowest BCUT2D eigenvalue weighted by Crippen LogP contribution is -2.24. The fourth-order valence-electron chi connectivity index (χ4n) is 1.74. The van der Waals surface area contributed by atoms with E-state index in [-0.39, 0.29) is 7.43 Å². The summed E-state index contributed by atoms with van der Waals surface area (Å²) in [5.41, 5.74) is 0.363. The highest BCUT2D eigenvalue weighted by Crippen LogP contribution is 2.37. The van der Waals surface area contributed by atoms with Crippen molar-refractivity contribution in [1.29, 1.82) is 0 Å². The minimum absolute atomic E-state index is 0. The second kappa shape index (κ2) is 7.90. The van der Waals surface area contributed by atoms with Gasteiger partial charge in [0.1, 0.15) is 5.78 Å². The fraction of sp³-hybridized carbons (Fsp3) is 0.929. The van der Waals surface area contributed by atoms with Crippen LogP contribution >= 0.6 is 0 Å². The topological polar surface area (TPSA) is 17.1 Å². The number of rotatable bonds is 7. The molecule has 0 aromatic rings. The zero-order valence-electron chi connectivity index (χ0n) is 10.5. The van der Waals surface area contributed by atoms with Crippen LogP contribution in [0.1, 0.15) is 74.1 Å². The smallest absolute Gasteiger partial charge is 0.129 e. The van der Waals surface area contributed by atoms with Crippen molar-refractivity contribution in [2.75, 3.05) is 0 Å². The van der Waals surface area contributed by atoms with Crippen LogP contribution in [0.3, 0.4) is 0 Å². The first-order chi connectivity index (χ1) is 6.42. The molecule has 0 amide bonds. The molecular formula is C14H30O. The molecule has 0 aromatic carbocycles. The molecule has 0 heterocycles. The molecule has 0 radical (unpaired) electrons. The number of carbonyl (C=O) groups is 1. The third-order valence-electron chi connectivity index (χ3n) is 3.54. The zero-order valence-corrected chi connectivity index (χ0v) is 10.5. The molecule has 1 nitrogen and oxygen atoms in total. The summed E-state index contributed by atoms with van der Waals surface area (Å²) in [6.07, 6.45) is 5.60. The SMILES string of the molecule is C.CCCC[C@@](C)(CCC(C)=O)C(C)C. The van der Waals surface area contributed by atoms with Gasteiger partial charge in [0.2, 0.25) is 0 Å². The molecular weight excluding hydrogens is 184 g/mol. The number of Topliss-reactive ketones (excluding diaryl/α,β-unsaturated/α-hetero) is 1. The molecule has 0 saturated heterocycles. The highest BCUT2D eigenvalue weighted by molar-refractivity contribution is 5.75. The van der Waals surface area contributed by atoms with Gasteiger partial charge in [0.05, 0.1) is 0 Å². The first-order valence-corrected chi connectivity index (χ1v) is 5.92. The lowest BCUT2D eigenvalue weighted by Gasteiger charge is -2.33. The van der Waals surface area contributed by atoms with Crippen LogP contribution in [0.25, 0.3) is 0 Å². The van der Waals surface area contributed by atoms with Crippen LogP contribution in [0.15, 0.2) is 0 Å². The van der Waals surface area contributed by atoms with Crippen LogP contribution in [-0.4, -0.2) is 5.78 Å². The Kier molecular flexibility index (Phi) is 8.99. The number of ketones is 1. The minimum Gasteiger partial charge on any atom is -0.300 e. The lowest BCUT2D eigenvalue weighted by molar-refractivity contribution is -0.117. The third-order valence-corrected chi connectivity index (χ3v) is 3.54. The van der Waals surface area contributed by atoms with Gasteiger partial charge in [-0.05, 0) is 31.1 Å². The van der Waals surface area contributed by atoms with Crippen molar-refractivity contribution >= 4 is 5.78 Å². The summed E-state index contributed by atoms with van der Waals surface area (Å²) in [7, 11) is 0. The van der Waals surface area contributed by atoms with Gasteiger partial charge in [-0.15, -0.1) is 0 Å². The van der Waals surface area contributed by atoms with Crippen molar-refractivity contribution in [3.63, 3.8) is 0 Å². The maximum absolute atomic E-state index is 11.0. The van der Waals surface area contributed by atoms with E-state index in [0.29, 0.717) is 17.1 Å². The van der Waals surface area contributed by atoms with Crippen LogP contribution < -0.4 is 0 Å². The van der Waals surface area contributed by atoms with Gasteiger partial charge in [0, 0.05) is 6.42 Å². The summed E-state index contributed by atoms with van der Waals surface area (Å²) < 4.78 is 0. The summed E-state index contributed by atoms with van der Waals surface area (Å²) in [6, 6.07) is 0. The van der Waals surface area contributed by atoms with Crippen LogP contribution in [-0.2, 0) is 4.79 Å². The van der Waals surface area contributed by atoms with E-state index in [0.717, 1.165) is 12.8 Å². The molecule has 0 unspecified atom stereocenters. The number of hydrogen-bond donors (Lipinski definition) is 0. The summed E-state index contributed by atoms with van der Waals surface area (Å²) in [5.74, 6) is 1.00. The van der Waals surface area contributed by atoms with Gasteiger partial charge in [-0.1, -0.05) is 48.0 Å². The van der Waals surface area contributed by atoms with Gasteiger partial charge in [0.25, 0.3) is 0 Å². The summed E-state index contributed by atoms with van der Waals surface area (Å²) in [6.45, 7) is 10.8. The normalized spacial score (nSPS) is 14.5. The van der Waals surface area contributed by atoms with Crippen LogP contribution in [0.4, 0.5) is 0 Å². The number of carbonyl (C=O) groups excluding carboxylic acids is 1. The lowest BCUT2D eigenvalue weighted by atomic mass is 9.72. The Balaban J connectivity index is 0. The highest BCUT2D eigenvalue weighted by atomic mass is 16.1. The Bertz CT molecular complexity index is 172. The van der Waals surface area contributed by atoms with E-state index in [1.165, 1.54) is 19.3 Å². The quantitative estimate of drug-likeness (QED) is 0.592. The third kappa shape index (κ3) is 6.70. The highest BCUT2D eigenvalue weighted by Gasteiger charge is 2.27. The van der Waals surface area contributed by atoms with Crippen LogP contribution in [0.5, 0.6) is 0 Å². The molecule has 0 bridgehead atoms. The maximum atomic E-state index is 11.0. The van der Waals surface area contributed by atoms with Gasteiger partial charge in [-0.3, -0.25) is 0 Å². The molecule has 0 aliphatic rings. The molecule has 15 heavy (non-hydrogen) atoms. The molecule has 1 heteroatoms. The largest absolute Gasteiger partial charge is 0.300 e. The van der Waals surface area contributed by atoms with E-state index >= 15 is 0 Å². The summed E-state index contributed by atoms with van der Waals surface area (Å²) >= 11 is 0. The van der Waals surface area contributed by atoms with E-state index in [2.05, 4.69) is 27.7 Å². The predicted octanol–water partition coefficient (Wildman–Crippen LogP) is 4.84. The van der Waals surface area contributed by atoms with Gasteiger partial charge < -0.3 is 4.79 Å². The molecule has 0 spiro atoms. The molecule has 0 rings (SSSR count). The van der Waals surface area contributed by atoms with Crippen molar-refractivity contribution in [3.05, 3.63) is 0 Å². The van der Waals surface area contributed by atoms with E-state index in [9.17, 15) is 4.79 Å². The average Bonchev–Trinajstić information content (AvgIpc) is 2.11. The first-order valence-electron chi connectivity index (χ1n) is 5.92. The number of hydrogen-bond acceptors (Lipinski definition) is 1. The Hall–Kier alpha value is -0.330. The summed E-state index contributed by atoms with van der Waals surface area (Å²) in [4.78, 5) is 11.0. The van der Waals surface area contributed by atoms with Crippen LogP contribution in [0, 0.1) is 11.3 Å². The van der Waals surface area contributed by atoms with Gasteiger partial charge in [-0.2, -0.15) is 0 Å². The summed E-state index contributed by atoms with van der Waals surface area (Å²) in [5, 5.41) is 0. The Morgan fingerprint density at radius 1 is 1.27 bits per heavy atom. The van der Waals surface area contributed by atoms with Gasteiger partial charge in [-0.25, -0.2) is 0 Å². The van der Waals surface area contributed by atoms with Crippen molar-refractivity contribution in [2.24, 2.45) is 11.3 Å². The molecule has 0 aromatic heterocycles. The fourth-order valence-corrected chi connectivity index (χ4v) is 1.74. The maximum Gasteiger partial charge on any atom is 0.129 e. The molecule has 0 aliphatic heterocycles. The molecule has 0 N–H and O–H groups in total. The second-order valence-corrected chi connectivity index (χ2v) is 5.11. The standard InChI is InChI=1S/C13H26O.CH4/c1-6-7-9-13(5,11(2)3)10-8-12(4)14;/h11H,6-10H2,1-5H3;1H4/t13-;/m0./s1. The Labute approximate surface area is 96.7 Å². The molecule has 0 aliphatic carbocycles. The second-order valence-electron chi connectivity index (χ2n) is 5.11. The molecule has 92 valence electrons. The van der Waals surface area contributed by atoms with Gasteiger partial charge >= 0.3 is 0 Å². The Morgan fingerprint density at radius 2 is 1.80 bits per heavy atom. The first kappa shape index (κ1) is 17.1. The van der Waals surface area contributed by atoms with Gasteiger partial charge in [0.15, 0.2) is 0 Å². The van der Waals surface area contributed by atoms with E-state index < -0.39 is 0 Å². The van der Waals surface area contributed by atoms with Crippen molar-refractivity contribution in [2.45, 2.75) is 74.1 Å². The van der Waals surface area contributed by atoms with Crippen molar-refractivity contribution < 1.29 is 4.79 Å². The van der Waals surface area contributed by atoms with Crippen LogP contribution in [0.2, 0.25) is 0 Å². The van der Waals surface area contributed by atoms with Crippen molar-refractivity contribution in [3.8, 4) is 0 Å². The molecule has 0 saturated carbocycles. The van der Waals surface area contributed by atoms with Crippen molar-refractivity contribution in [1.82, 2.24) is 0 Å². The Morgan fingerprint density at radius 3 is 2.13 bits per heavy atom. The molecule has 0 fully saturated rings. The number of unbranched alkanes of at least 4 members (excludes halogenated alkanes) is 1. The zero-order chi connectivity index (χ0) is 11.2. The predicted molar refractivity (Wildman–Crippen MR) is 69.1 cm³/mol. The average molecular weight is 214 g/mol. The van der Waals surface area contributed by atoms with E-state index in [1.807, 2.05) is 0 Å². The van der Waals surface area contributed by atoms with E-state index in [4.69, 9.17) is 0 Å². The van der Waals surface area contributed by atoms with E-state index in [1.54, 1.807) is 6.92 Å². The monoisotopic (exact) mass is 214 g/mol. The molecule has 1 atom stereocenters.